The van der Waals surface area contributed by atoms with E-state index in [-0.39, 0.29) is 28.7 Å². The number of rotatable bonds is 13. The first-order chi connectivity index (χ1) is 22.6. The maximum atomic E-state index is 14.0. The number of benzene rings is 4. The summed E-state index contributed by atoms with van der Waals surface area (Å²) in [7, 11) is -2.23. The molecule has 4 aromatic carbocycles. The fourth-order valence-corrected chi connectivity index (χ4v) is 7.21. The Balaban J connectivity index is 1.61. The molecule has 0 radical (unpaired) electrons. The lowest BCUT2D eigenvalue weighted by atomic mass is 9.97. The van der Waals surface area contributed by atoms with Gasteiger partial charge in [-0.1, -0.05) is 78.9 Å². The van der Waals surface area contributed by atoms with E-state index in [1.807, 2.05) is 42.3 Å². The molecular weight excluding hydrogens is 617 g/mol. The first-order valence-corrected chi connectivity index (χ1v) is 16.5. The van der Waals surface area contributed by atoms with Crippen LogP contribution in [-0.4, -0.2) is 45.9 Å². The van der Waals surface area contributed by atoms with Crippen molar-refractivity contribution in [1.29, 1.82) is 0 Å². The van der Waals surface area contributed by atoms with Crippen molar-refractivity contribution in [3.8, 4) is 22.6 Å². The van der Waals surface area contributed by atoms with E-state index < -0.39 is 18.8 Å². The van der Waals surface area contributed by atoms with E-state index in [0.717, 1.165) is 5.56 Å². The maximum absolute atomic E-state index is 14.0. The third-order valence-corrected chi connectivity index (χ3v) is 9.33. The minimum Gasteiger partial charge on any atom is -0.461 e. The molecule has 0 aliphatic heterocycles. The van der Waals surface area contributed by atoms with Crippen LogP contribution in [0.3, 0.4) is 0 Å². The lowest BCUT2D eigenvalue weighted by Crippen LogP contribution is -2.30. The summed E-state index contributed by atoms with van der Waals surface area (Å²) >= 11 is 0. The number of aromatic nitrogens is 1. The van der Waals surface area contributed by atoms with Crippen LogP contribution in [0.5, 0.6) is 11.5 Å². The predicted molar refractivity (Wildman–Crippen MR) is 182 cm³/mol. The molecule has 0 spiro atoms. The molecule has 0 bridgehead atoms. The minimum atomic E-state index is -4.16. The zero-order chi connectivity index (χ0) is 33.4. The first kappa shape index (κ1) is 33.2. The SMILES string of the molecule is Cc1nc(C)c([P+](O)(Oc2ccccc2)Oc2ccccc2)c(-c2cccc([N+](=O)[O-])c2)c1C(=O)OCCN(C)Cc1ccccc1. The molecule has 10 nitrogen and oxygen atoms in total. The standard InChI is InChI=1S/C36H35N3O7P/c1-26-33(36(40)44-23-22-38(3)25-28-14-7-4-8-15-28)34(29-16-13-17-30(24-29)39(41)42)35(27(2)37-26)47(43,45-31-18-9-5-10-19-31)46-32-20-11-6-12-21-32/h4-21,24,43H,22-23,25H2,1-3H3/q+1. The zero-order valence-electron chi connectivity index (χ0n) is 26.3. The van der Waals surface area contributed by atoms with Crippen LogP contribution in [0.1, 0.15) is 27.3 Å². The second-order valence-electron chi connectivity index (χ2n) is 10.9. The number of non-ortho nitro benzene ring substituents is 1. The number of likely N-dealkylation sites (N-methyl/N-ethyl adjacent to an activating group) is 1. The van der Waals surface area contributed by atoms with Gasteiger partial charge in [-0.05, 0) is 56.3 Å². The molecular formula is C36H35N3O7P+. The third-order valence-electron chi connectivity index (χ3n) is 7.31. The average Bonchev–Trinajstić information content (AvgIpc) is 3.05. The highest BCUT2D eigenvalue weighted by Crippen LogP contribution is 2.58. The Bertz CT molecular complexity index is 1800. The molecule has 0 unspecified atom stereocenters. The van der Waals surface area contributed by atoms with Crippen LogP contribution >= 0.6 is 7.94 Å². The molecule has 5 rings (SSSR count). The van der Waals surface area contributed by atoms with Gasteiger partial charge in [-0.3, -0.25) is 29.0 Å². The number of nitrogens with zero attached hydrogens (tertiary/aromatic N) is 3. The Kier molecular flexibility index (Phi) is 10.6. The van der Waals surface area contributed by atoms with Gasteiger partial charge in [-0.2, -0.15) is 4.89 Å². The topological polar surface area (TPSA) is 124 Å². The van der Waals surface area contributed by atoms with Gasteiger partial charge in [0.05, 0.1) is 27.4 Å². The number of nitro benzene ring substituents is 1. The first-order valence-electron chi connectivity index (χ1n) is 14.9. The number of para-hydroxylation sites is 2. The van der Waals surface area contributed by atoms with Gasteiger partial charge in [-0.15, -0.1) is 0 Å². The van der Waals surface area contributed by atoms with E-state index in [9.17, 15) is 19.8 Å². The molecule has 0 saturated carbocycles. The van der Waals surface area contributed by atoms with Crippen LogP contribution < -0.4 is 14.4 Å². The molecule has 240 valence electrons. The van der Waals surface area contributed by atoms with Crippen molar-refractivity contribution in [3.05, 3.63) is 148 Å². The molecule has 0 aliphatic carbocycles. The Labute approximate surface area is 273 Å². The fourth-order valence-electron chi connectivity index (χ4n) is 5.19. The van der Waals surface area contributed by atoms with Gasteiger partial charge >= 0.3 is 13.9 Å². The zero-order valence-corrected chi connectivity index (χ0v) is 27.2. The number of carbonyl (C=O) groups is 1. The Hall–Kier alpha value is -5.15. The smallest absolute Gasteiger partial charge is 0.461 e. The van der Waals surface area contributed by atoms with E-state index >= 15 is 0 Å². The quantitative estimate of drug-likeness (QED) is 0.0614. The number of carbonyl (C=O) groups excluding carboxylic acids is 1. The van der Waals surface area contributed by atoms with Crippen LogP contribution in [0.25, 0.3) is 11.1 Å². The second kappa shape index (κ2) is 15.0. The number of hydrogen-bond acceptors (Lipinski definition) is 9. The lowest BCUT2D eigenvalue weighted by Gasteiger charge is -2.23. The van der Waals surface area contributed by atoms with E-state index in [1.165, 1.54) is 18.2 Å². The highest BCUT2D eigenvalue weighted by atomic mass is 31.2. The highest BCUT2D eigenvalue weighted by molar-refractivity contribution is 7.69. The van der Waals surface area contributed by atoms with Gasteiger partial charge < -0.3 is 4.74 Å². The minimum absolute atomic E-state index is 0.0450. The van der Waals surface area contributed by atoms with Crippen LogP contribution in [0, 0.1) is 24.0 Å². The Morgan fingerprint density at radius 3 is 2.00 bits per heavy atom. The molecule has 11 heteroatoms. The number of hydrogen-bond donors (Lipinski definition) is 1. The van der Waals surface area contributed by atoms with Gasteiger partial charge in [-0.25, -0.2) is 4.79 Å². The summed E-state index contributed by atoms with van der Waals surface area (Å²) in [6.45, 7) is 4.51. The predicted octanol–water partition coefficient (Wildman–Crippen LogP) is 7.10. The van der Waals surface area contributed by atoms with E-state index in [0.29, 0.717) is 41.5 Å². The molecule has 0 saturated heterocycles. The van der Waals surface area contributed by atoms with Crippen molar-refractivity contribution in [2.24, 2.45) is 0 Å². The molecule has 5 aromatic rings. The van der Waals surface area contributed by atoms with E-state index in [2.05, 4.69) is 4.98 Å². The van der Waals surface area contributed by atoms with Crippen molar-refractivity contribution in [2.45, 2.75) is 20.4 Å². The molecule has 1 aromatic heterocycles. The molecule has 0 fully saturated rings. The number of nitro groups is 1. The number of pyridine rings is 1. The maximum Gasteiger partial charge on any atom is 0.535 e. The Morgan fingerprint density at radius 1 is 0.851 bits per heavy atom. The van der Waals surface area contributed by atoms with Gasteiger partial charge in [0, 0.05) is 25.2 Å². The molecule has 0 atom stereocenters. The summed E-state index contributed by atoms with van der Waals surface area (Å²) in [6.07, 6.45) is 0. The van der Waals surface area contributed by atoms with Crippen molar-refractivity contribution >= 4 is 24.9 Å². The summed E-state index contributed by atoms with van der Waals surface area (Å²) in [5.74, 6) is -0.0681. The van der Waals surface area contributed by atoms with Crippen molar-refractivity contribution < 1.29 is 28.4 Å². The lowest BCUT2D eigenvalue weighted by molar-refractivity contribution is -0.384. The van der Waals surface area contributed by atoms with Crippen LogP contribution in [0.4, 0.5) is 5.69 Å². The summed E-state index contributed by atoms with van der Waals surface area (Å²) in [5, 5.41) is 11.9. The fraction of sp³-hybridized carbons (Fsp3) is 0.167. The van der Waals surface area contributed by atoms with Gasteiger partial charge in [0.15, 0.2) is 11.5 Å². The van der Waals surface area contributed by atoms with E-state index in [1.54, 1.807) is 80.6 Å². The second-order valence-corrected chi connectivity index (χ2v) is 12.7. The summed E-state index contributed by atoms with van der Waals surface area (Å²) < 4.78 is 18.3. The van der Waals surface area contributed by atoms with Crippen LogP contribution in [-0.2, 0) is 11.3 Å². The molecule has 1 heterocycles. The summed E-state index contributed by atoms with van der Waals surface area (Å²) in [5.41, 5.74) is 2.09. The Morgan fingerprint density at radius 2 is 1.43 bits per heavy atom. The van der Waals surface area contributed by atoms with E-state index in [4.69, 9.17) is 13.8 Å². The van der Waals surface area contributed by atoms with Crippen molar-refractivity contribution in [1.82, 2.24) is 9.88 Å². The number of ether oxygens (including phenoxy) is 1. The number of aryl methyl sites for hydroxylation is 2. The summed E-state index contributed by atoms with van der Waals surface area (Å²) in [4.78, 5) is 44.5. The van der Waals surface area contributed by atoms with Crippen LogP contribution in [0.15, 0.2) is 115 Å². The number of esters is 1. The molecule has 47 heavy (non-hydrogen) atoms. The molecule has 1 N–H and O–H groups in total. The van der Waals surface area contributed by atoms with Gasteiger partial charge in [0.2, 0.25) is 5.30 Å². The molecule has 0 aliphatic rings. The van der Waals surface area contributed by atoms with Crippen LogP contribution in [0.2, 0.25) is 0 Å². The largest absolute Gasteiger partial charge is 0.535 e. The normalized spacial score (nSPS) is 11.3. The average molecular weight is 653 g/mol. The highest BCUT2D eigenvalue weighted by Gasteiger charge is 2.53. The monoisotopic (exact) mass is 652 g/mol. The van der Waals surface area contributed by atoms with Gasteiger partial charge in [0.1, 0.15) is 6.61 Å². The van der Waals surface area contributed by atoms with Gasteiger partial charge in [0.25, 0.3) is 5.69 Å². The third kappa shape index (κ3) is 8.17. The molecule has 0 amide bonds. The van der Waals surface area contributed by atoms with Crippen molar-refractivity contribution in [2.75, 3.05) is 20.2 Å². The van der Waals surface area contributed by atoms with Crippen molar-refractivity contribution in [3.63, 3.8) is 0 Å². The summed E-state index contributed by atoms with van der Waals surface area (Å²) in [6, 6.07) is 33.1.